The minimum absolute atomic E-state index is 0.0633. The van der Waals surface area contributed by atoms with Crippen molar-refractivity contribution in [2.45, 2.75) is 42.9 Å². The Morgan fingerprint density at radius 2 is 1.75 bits per heavy atom. The van der Waals surface area contributed by atoms with Crippen molar-refractivity contribution >= 4 is 35.5 Å². The van der Waals surface area contributed by atoms with Crippen LogP contribution in [0.2, 0.25) is 0 Å². The highest BCUT2D eigenvalue weighted by Crippen LogP contribution is 2.47. The van der Waals surface area contributed by atoms with Crippen LogP contribution in [-0.2, 0) is 39.2 Å². The Hall–Kier alpha value is -4.42. The number of hydrogen-bond donors (Lipinski definition) is 2. The Morgan fingerprint density at radius 3 is 2.45 bits per heavy atom. The first kappa shape index (κ1) is 25.8. The lowest BCUT2D eigenvalue weighted by Gasteiger charge is -2.32. The molecule has 0 bridgehead atoms. The molecule has 2 saturated heterocycles. The summed E-state index contributed by atoms with van der Waals surface area (Å²) in [6, 6.07) is 10.1. The Labute approximate surface area is 226 Å². The monoisotopic (exact) mass is 555 g/mol. The molecule has 2 atom stereocenters. The first-order chi connectivity index (χ1) is 18.9. The number of likely N-dealkylation sites (N-methyl/N-ethyl adjacent to an activating group) is 1. The number of amides is 7. The third-order valence-corrected chi connectivity index (χ3v) is 8.43. The zero-order chi connectivity index (χ0) is 28.6. The minimum Gasteiger partial charge on any atom is -0.325 e. The van der Waals surface area contributed by atoms with Gasteiger partial charge in [0.25, 0.3) is 11.8 Å². The average Bonchev–Trinajstić information content (AvgIpc) is 3.58. The van der Waals surface area contributed by atoms with Gasteiger partial charge in [-0.05, 0) is 47.2 Å². The van der Waals surface area contributed by atoms with E-state index in [9.17, 15) is 37.1 Å². The first-order valence-corrected chi connectivity index (χ1v) is 12.7. The number of nitrogens with zero attached hydrogens (tertiary/aromatic N) is 3. The predicted molar refractivity (Wildman–Crippen MR) is 133 cm³/mol. The van der Waals surface area contributed by atoms with Crippen LogP contribution in [-0.4, -0.2) is 76.3 Å². The normalized spacial score (nSPS) is 25.4. The molecule has 2 aliphatic heterocycles. The van der Waals surface area contributed by atoms with Crippen LogP contribution in [0, 0.1) is 0 Å². The number of urea groups is 2. The van der Waals surface area contributed by atoms with Crippen molar-refractivity contribution in [1.82, 2.24) is 20.0 Å². The zero-order valence-electron chi connectivity index (χ0n) is 21.3. The lowest BCUT2D eigenvalue weighted by molar-refractivity contribution is -0.155. The van der Waals surface area contributed by atoms with Gasteiger partial charge < -0.3 is 10.2 Å². The molecular weight excluding hydrogens is 531 g/mol. The number of carbonyl (C=O) groups is 5. The van der Waals surface area contributed by atoms with Gasteiger partial charge in [-0.25, -0.2) is 9.59 Å². The highest BCUT2D eigenvalue weighted by molar-refractivity contribution is 6.10. The van der Waals surface area contributed by atoms with Gasteiger partial charge in [-0.15, -0.1) is 0 Å². The number of aryl methyl sites for hydroxylation is 1. The lowest BCUT2D eigenvalue weighted by Crippen LogP contribution is -2.48. The molecule has 0 radical (unpaired) electrons. The second-order valence-electron chi connectivity index (χ2n) is 10.6. The molecule has 2 spiro atoms. The maximum absolute atomic E-state index is 13.4. The SMILES string of the molecule is CN1C(=O)NC(=O)[C@@]12Cc1ccc(NC(=O)CN3C(=O)N(CC(F)(F)F)C(=O)C34CCc3ccccc34)cc1C2. The Kier molecular flexibility index (Phi) is 5.51. The molecule has 2 aromatic rings. The van der Waals surface area contributed by atoms with Gasteiger partial charge >= 0.3 is 18.2 Å². The number of carbonyl (C=O) groups excluding carboxylic acids is 5. The molecule has 0 aromatic heterocycles. The summed E-state index contributed by atoms with van der Waals surface area (Å²) < 4.78 is 39.9. The number of imide groups is 2. The molecule has 10 nitrogen and oxygen atoms in total. The second-order valence-corrected chi connectivity index (χ2v) is 10.6. The second kappa shape index (κ2) is 8.54. The summed E-state index contributed by atoms with van der Waals surface area (Å²) in [7, 11) is 1.54. The van der Waals surface area contributed by atoms with Crippen molar-refractivity contribution in [3.63, 3.8) is 0 Å². The number of hydrogen-bond acceptors (Lipinski definition) is 5. The van der Waals surface area contributed by atoms with Gasteiger partial charge in [0.15, 0.2) is 5.54 Å². The van der Waals surface area contributed by atoms with Crippen LogP contribution < -0.4 is 10.6 Å². The van der Waals surface area contributed by atoms with E-state index < -0.39 is 60.1 Å². The summed E-state index contributed by atoms with van der Waals surface area (Å²) in [5.41, 5.74) is 0.331. The fraction of sp³-hybridized carbons (Fsp3) is 0.370. The molecule has 2 aliphatic carbocycles. The Balaban J connectivity index is 1.25. The molecule has 2 fully saturated rings. The van der Waals surface area contributed by atoms with Gasteiger partial charge in [-0.2, -0.15) is 13.2 Å². The van der Waals surface area contributed by atoms with Crippen molar-refractivity contribution in [3.05, 3.63) is 64.7 Å². The minimum atomic E-state index is -4.81. The molecule has 6 rings (SSSR count). The van der Waals surface area contributed by atoms with Crippen LogP contribution >= 0.6 is 0 Å². The summed E-state index contributed by atoms with van der Waals surface area (Å²) in [6.45, 7) is -2.39. The van der Waals surface area contributed by atoms with Crippen LogP contribution in [0.3, 0.4) is 0 Å². The molecule has 13 heteroatoms. The van der Waals surface area contributed by atoms with Crippen molar-refractivity contribution in [1.29, 1.82) is 0 Å². The molecule has 40 heavy (non-hydrogen) atoms. The number of halogens is 3. The standard InChI is InChI=1S/C27H24F3N5O5/c1-33-23(39)32-21(37)25(33)11-16-6-7-18(10-17(16)12-25)31-20(36)13-35-24(40)34(14-27(28,29)30)22(38)26(35)9-8-15-4-2-3-5-19(15)26/h2-7,10H,8-9,11-14H2,1H3,(H,31,36)(H,32,37,39)/t25-,26?/m0/s1. The summed E-state index contributed by atoms with van der Waals surface area (Å²) in [6.07, 6.45) is -3.82. The number of anilines is 1. The van der Waals surface area contributed by atoms with Crippen molar-refractivity contribution < 1.29 is 37.1 Å². The lowest BCUT2D eigenvalue weighted by atomic mass is 9.90. The van der Waals surface area contributed by atoms with Crippen LogP contribution in [0.5, 0.6) is 0 Å². The summed E-state index contributed by atoms with van der Waals surface area (Å²) >= 11 is 0. The van der Waals surface area contributed by atoms with Gasteiger partial charge in [0, 0.05) is 25.6 Å². The van der Waals surface area contributed by atoms with Crippen LogP contribution in [0.1, 0.15) is 28.7 Å². The fourth-order valence-electron chi connectivity index (χ4n) is 6.47. The Morgan fingerprint density at radius 1 is 1.02 bits per heavy atom. The predicted octanol–water partition coefficient (Wildman–Crippen LogP) is 2.31. The van der Waals surface area contributed by atoms with Crippen molar-refractivity contribution in [2.75, 3.05) is 25.5 Å². The summed E-state index contributed by atoms with van der Waals surface area (Å²) in [5.74, 6) is -2.09. The number of fused-ring (bicyclic) bond motifs is 3. The quantitative estimate of drug-likeness (QED) is 0.562. The fourth-order valence-corrected chi connectivity index (χ4v) is 6.47. The molecule has 2 aromatic carbocycles. The number of nitrogens with one attached hydrogen (secondary N) is 2. The van der Waals surface area contributed by atoms with E-state index in [1.807, 2.05) is 0 Å². The molecule has 2 heterocycles. The largest absolute Gasteiger partial charge is 0.406 e. The maximum atomic E-state index is 13.4. The number of benzene rings is 2. The van der Waals surface area contributed by atoms with E-state index in [0.717, 1.165) is 21.6 Å². The van der Waals surface area contributed by atoms with Gasteiger partial charge in [0.05, 0.1) is 0 Å². The van der Waals surface area contributed by atoms with E-state index in [1.54, 1.807) is 49.5 Å². The highest BCUT2D eigenvalue weighted by Gasteiger charge is 2.62. The molecule has 2 N–H and O–H groups in total. The van der Waals surface area contributed by atoms with Crippen LogP contribution in [0.15, 0.2) is 42.5 Å². The summed E-state index contributed by atoms with van der Waals surface area (Å²) in [4.78, 5) is 66.9. The van der Waals surface area contributed by atoms with Crippen LogP contribution in [0.4, 0.5) is 28.4 Å². The third kappa shape index (κ3) is 3.67. The number of rotatable bonds is 4. The molecule has 1 unspecified atom stereocenters. The Bertz CT molecular complexity index is 1510. The molecule has 208 valence electrons. The zero-order valence-corrected chi connectivity index (χ0v) is 21.3. The van der Waals surface area contributed by atoms with Gasteiger partial charge in [-0.3, -0.25) is 29.5 Å². The molecule has 7 amide bonds. The van der Waals surface area contributed by atoms with Crippen molar-refractivity contribution in [2.24, 2.45) is 0 Å². The summed E-state index contributed by atoms with van der Waals surface area (Å²) in [5, 5.41) is 4.99. The van der Waals surface area contributed by atoms with Crippen molar-refractivity contribution in [3.8, 4) is 0 Å². The van der Waals surface area contributed by atoms with Gasteiger partial charge in [-0.1, -0.05) is 30.3 Å². The van der Waals surface area contributed by atoms with Gasteiger partial charge in [0.1, 0.15) is 18.6 Å². The van der Waals surface area contributed by atoms with E-state index in [4.69, 9.17) is 0 Å². The van der Waals surface area contributed by atoms with Gasteiger partial charge in [0.2, 0.25) is 5.91 Å². The third-order valence-electron chi connectivity index (χ3n) is 8.43. The molecule has 0 saturated carbocycles. The van der Waals surface area contributed by atoms with E-state index >= 15 is 0 Å². The van der Waals surface area contributed by atoms with Crippen LogP contribution in [0.25, 0.3) is 0 Å². The highest BCUT2D eigenvalue weighted by atomic mass is 19.4. The van der Waals surface area contributed by atoms with E-state index in [-0.39, 0.29) is 17.7 Å². The van der Waals surface area contributed by atoms with E-state index in [0.29, 0.717) is 24.1 Å². The smallest absolute Gasteiger partial charge is 0.325 e. The number of alkyl halides is 3. The first-order valence-electron chi connectivity index (χ1n) is 12.7. The molecule has 4 aliphatic rings. The van der Waals surface area contributed by atoms with E-state index in [1.165, 1.54) is 4.90 Å². The topological polar surface area (TPSA) is 119 Å². The van der Waals surface area contributed by atoms with E-state index in [2.05, 4.69) is 10.6 Å². The average molecular weight is 556 g/mol. The maximum Gasteiger partial charge on any atom is 0.406 e. The molecular formula is C27H24F3N5O5.